The quantitative estimate of drug-likeness (QED) is 0.390. The maximum atomic E-state index is 13.3. The van der Waals surface area contributed by atoms with Crippen LogP contribution < -0.4 is 5.32 Å². The Morgan fingerprint density at radius 3 is 2.60 bits per heavy atom. The molecule has 1 aromatic carbocycles. The molecule has 1 amide bonds. The number of amides is 1. The summed E-state index contributed by atoms with van der Waals surface area (Å²) in [6, 6.07) is 9.73. The zero-order chi connectivity index (χ0) is 24.9. The van der Waals surface area contributed by atoms with E-state index < -0.39 is 18.5 Å². The normalized spacial score (nSPS) is 10.6. The first-order valence-electron chi connectivity index (χ1n) is 10.4. The lowest BCUT2D eigenvalue weighted by atomic mass is 10.2. The first kappa shape index (κ1) is 23.7. The van der Waals surface area contributed by atoms with E-state index in [4.69, 9.17) is 4.74 Å². The molecule has 11 heteroatoms. The van der Waals surface area contributed by atoms with E-state index in [1.165, 1.54) is 28.8 Å². The molecule has 0 radical (unpaired) electrons. The number of nitrogens with zero attached hydrogens (tertiary/aromatic N) is 5. The van der Waals surface area contributed by atoms with Crippen LogP contribution >= 0.6 is 11.3 Å². The molecule has 0 unspecified atom stereocenters. The molecule has 0 fully saturated rings. The number of carbonyl (C=O) groups excluding carboxylic acids is 2. The highest BCUT2D eigenvalue weighted by Gasteiger charge is 2.21. The predicted molar refractivity (Wildman–Crippen MR) is 126 cm³/mol. The Morgan fingerprint density at radius 2 is 1.91 bits per heavy atom. The second-order valence-electron chi connectivity index (χ2n) is 7.49. The minimum Gasteiger partial charge on any atom is -0.451 e. The van der Waals surface area contributed by atoms with Gasteiger partial charge in [0.2, 0.25) is 0 Å². The van der Waals surface area contributed by atoms with Gasteiger partial charge in [-0.1, -0.05) is 12.1 Å². The maximum Gasteiger partial charge on any atom is 0.358 e. The summed E-state index contributed by atoms with van der Waals surface area (Å²) in [6.45, 7) is 3.35. The Hall–Kier alpha value is -4.43. The van der Waals surface area contributed by atoms with Crippen molar-refractivity contribution >= 4 is 29.0 Å². The molecule has 9 nitrogen and oxygen atoms in total. The number of hydrogen-bond donors (Lipinski definition) is 1. The van der Waals surface area contributed by atoms with Crippen LogP contribution in [0, 0.1) is 31.0 Å². The number of esters is 1. The first-order valence-corrected chi connectivity index (χ1v) is 11.3. The number of benzene rings is 1. The van der Waals surface area contributed by atoms with E-state index in [1.807, 2.05) is 6.92 Å². The molecule has 0 aliphatic heterocycles. The van der Waals surface area contributed by atoms with Crippen LogP contribution in [-0.4, -0.2) is 38.0 Å². The van der Waals surface area contributed by atoms with Crippen molar-refractivity contribution in [2.45, 2.75) is 20.4 Å². The lowest BCUT2D eigenvalue weighted by Crippen LogP contribution is -2.23. The van der Waals surface area contributed by atoms with E-state index in [0.29, 0.717) is 28.5 Å². The standard InChI is InChI=1S/C24H19FN6O3S/c1-14-15(2)31(11-16-4-6-17(25)7-5-16)22(18(14)10-26)30-20(32)12-34-24(33)19-13-35-23(29-19)21-27-8-3-9-28-21/h3-9,13H,11-12H2,1-2H3,(H,30,32). The lowest BCUT2D eigenvalue weighted by Gasteiger charge is -2.13. The SMILES string of the molecule is Cc1c(C#N)c(NC(=O)COC(=O)c2csc(-c3ncccn3)n2)n(Cc2ccc(F)cc2)c1C. The fourth-order valence-corrected chi connectivity index (χ4v) is 4.09. The molecule has 0 spiro atoms. The largest absolute Gasteiger partial charge is 0.451 e. The summed E-state index contributed by atoms with van der Waals surface area (Å²) >= 11 is 1.18. The molecule has 3 heterocycles. The summed E-state index contributed by atoms with van der Waals surface area (Å²) in [5.74, 6) is -1.08. The van der Waals surface area contributed by atoms with Crippen LogP contribution in [0.1, 0.15) is 32.9 Å². The number of aromatic nitrogens is 4. The topological polar surface area (TPSA) is 123 Å². The minimum atomic E-state index is -0.770. The van der Waals surface area contributed by atoms with Crippen LogP contribution in [0.3, 0.4) is 0 Å². The number of anilines is 1. The summed E-state index contributed by atoms with van der Waals surface area (Å²) in [7, 11) is 0. The van der Waals surface area contributed by atoms with Crippen LogP contribution in [0.5, 0.6) is 0 Å². The third-order valence-corrected chi connectivity index (χ3v) is 6.10. The average Bonchev–Trinajstić information content (AvgIpc) is 3.44. The summed E-state index contributed by atoms with van der Waals surface area (Å²) in [5, 5.41) is 14.3. The molecule has 0 atom stereocenters. The highest BCUT2D eigenvalue weighted by molar-refractivity contribution is 7.13. The van der Waals surface area contributed by atoms with Crippen LogP contribution in [0.4, 0.5) is 10.2 Å². The molecule has 176 valence electrons. The second-order valence-corrected chi connectivity index (χ2v) is 8.35. The Labute approximate surface area is 203 Å². The van der Waals surface area contributed by atoms with E-state index in [2.05, 4.69) is 26.3 Å². The molecular weight excluding hydrogens is 471 g/mol. The molecule has 0 saturated carbocycles. The summed E-state index contributed by atoms with van der Waals surface area (Å²) in [6.07, 6.45) is 3.13. The van der Waals surface area contributed by atoms with Gasteiger partial charge in [0.25, 0.3) is 5.91 Å². The monoisotopic (exact) mass is 490 g/mol. The van der Waals surface area contributed by atoms with Gasteiger partial charge in [0.1, 0.15) is 17.7 Å². The zero-order valence-electron chi connectivity index (χ0n) is 18.8. The molecule has 4 aromatic rings. The van der Waals surface area contributed by atoms with Gasteiger partial charge in [-0.3, -0.25) is 4.79 Å². The van der Waals surface area contributed by atoms with Gasteiger partial charge in [-0.15, -0.1) is 11.3 Å². The third-order valence-electron chi connectivity index (χ3n) is 5.26. The van der Waals surface area contributed by atoms with Gasteiger partial charge in [-0.25, -0.2) is 24.1 Å². The molecule has 4 rings (SSSR count). The number of rotatable bonds is 7. The van der Waals surface area contributed by atoms with Crippen molar-refractivity contribution < 1.29 is 18.7 Å². The highest BCUT2D eigenvalue weighted by atomic mass is 32.1. The number of nitrogens with one attached hydrogen (secondary N) is 1. The summed E-state index contributed by atoms with van der Waals surface area (Å²) in [4.78, 5) is 37.3. The maximum absolute atomic E-state index is 13.3. The third kappa shape index (κ3) is 5.23. The molecule has 0 aliphatic rings. The fraction of sp³-hybridized carbons (Fsp3) is 0.167. The predicted octanol–water partition coefficient (Wildman–Crippen LogP) is 3.87. The number of hydrogen-bond acceptors (Lipinski definition) is 8. The summed E-state index contributed by atoms with van der Waals surface area (Å²) < 4.78 is 20.2. The molecule has 35 heavy (non-hydrogen) atoms. The van der Waals surface area contributed by atoms with Crippen molar-refractivity contribution in [1.82, 2.24) is 19.5 Å². The molecule has 0 aliphatic carbocycles. The van der Waals surface area contributed by atoms with Gasteiger partial charge in [0, 0.05) is 30.0 Å². The van der Waals surface area contributed by atoms with Gasteiger partial charge in [-0.05, 0) is 43.2 Å². The average molecular weight is 491 g/mol. The lowest BCUT2D eigenvalue weighted by molar-refractivity contribution is -0.119. The van der Waals surface area contributed by atoms with Crippen molar-refractivity contribution in [2.75, 3.05) is 11.9 Å². The molecule has 1 N–H and O–H groups in total. The highest BCUT2D eigenvalue weighted by Crippen LogP contribution is 2.27. The number of nitriles is 1. The van der Waals surface area contributed by atoms with Gasteiger partial charge < -0.3 is 14.6 Å². The van der Waals surface area contributed by atoms with E-state index in [0.717, 1.165) is 11.3 Å². The van der Waals surface area contributed by atoms with E-state index >= 15 is 0 Å². The minimum absolute atomic E-state index is 0.0364. The van der Waals surface area contributed by atoms with E-state index in [9.17, 15) is 19.2 Å². The number of ether oxygens (including phenoxy) is 1. The van der Waals surface area contributed by atoms with Gasteiger partial charge in [0.15, 0.2) is 23.1 Å². The van der Waals surface area contributed by atoms with Crippen LogP contribution in [0.25, 0.3) is 10.8 Å². The van der Waals surface area contributed by atoms with Crippen molar-refractivity contribution in [3.63, 3.8) is 0 Å². The van der Waals surface area contributed by atoms with Crippen molar-refractivity contribution in [3.05, 3.63) is 82.0 Å². The smallest absolute Gasteiger partial charge is 0.358 e. The number of halogens is 1. The van der Waals surface area contributed by atoms with Crippen molar-refractivity contribution in [1.29, 1.82) is 5.26 Å². The van der Waals surface area contributed by atoms with Gasteiger partial charge >= 0.3 is 5.97 Å². The molecule has 0 saturated heterocycles. The van der Waals surface area contributed by atoms with Gasteiger partial charge in [-0.2, -0.15) is 5.26 Å². The molecule has 3 aromatic heterocycles. The first-order chi connectivity index (χ1) is 16.9. The van der Waals surface area contributed by atoms with Crippen molar-refractivity contribution in [3.8, 4) is 16.9 Å². The van der Waals surface area contributed by atoms with Crippen LogP contribution in [0.2, 0.25) is 0 Å². The van der Waals surface area contributed by atoms with Crippen LogP contribution in [-0.2, 0) is 16.1 Å². The van der Waals surface area contributed by atoms with E-state index in [1.54, 1.807) is 42.1 Å². The van der Waals surface area contributed by atoms with Crippen LogP contribution in [0.15, 0.2) is 48.1 Å². The molecule has 0 bridgehead atoms. The Kier molecular flexibility index (Phi) is 6.93. The zero-order valence-corrected chi connectivity index (χ0v) is 19.6. The molecular formula is C24H19FN6O3S. The van der Waals surface area contributed by atoms with Crippen molar-refractivity contribution in [2.24, 2.45) is 0 Å². The number of carbonyl (C=O) groups is 2. The Balaban J connectivity index is 1.45. The second kappa shape index (κ2) is 10.2. The number of thiazole rings is 1. The fourth-order valence-electron chi connectivity index (χ4n) is 3.35. The Morgan fingerprint density at radius 1 is 1.20 bits per heavy atom. The van der Waals surface area contributed by atoms with E-state index in [-0.39, 0.29) is 17.3 Å². The van der Waals surface area contributed by atoms with Gasteiger partial charge in [0.05, 0.1) is 5.56 Å². The summed E-state index contributed by atoms with van der Waals surface area (Å²) in [5.41, 5.74) is 2.61. The Bertz CT molecular complexity index is 1420.